The zero-order valence-corrected chi connectivity index (χ0v) is 11.6. The number of ether oxygens (including phenoxy) is 1. The summed E-state index contributed by atoms with van der Waals surface area (Å²) in [5.74, 6) is 0.891. The molecule has 0 spiro atoms. The van der Waals surface area contributed by atoms with Gasteiger partial charge in [-0.3, -0.25) is 4.79 Å². The predicted octanol–water partition coefficient (Wildman–Crippen LogP) is 1.95. The van der Waals surface area contributed by atoms with Crippen LogP contribution in [0.2, 0.25) is 0 Å². The maximum atomic E-state index is 12.3. The van der Waals surface area contributed by atoms with Crippen LogP contribution in [0.1, 0.15) is 31.4 Å². The lowest BCUT2D eigenvalue weighted by Crippen LogP contribution is -2.37. The van der Waals surface area contributed by atoms with Crippen molar-refractivity contribution in [2.45, 2.75) is 25.8 Å². The SMILES string of the molecule is COc1cccc(C2CCCN2C(=O)C(C)CN)c1. The number of carbonyl (C=O) groups is 1. The minimum Gasteiger partial charge on any atom is -0.497 e. The normalized spacial score (nSPS) is 20.4. The summed E-state index contributed by atoms with van der Waals surface area (Å²) in [5, 5.41) is 0. The number of nitrogens with zero attached hydrogens (tertiary/aromatic N) is 1. The van der Waals surface area contributed by atoms with Gasteiger partial charge in [-0.05, 0) is 30.5 Å². The third-order valence-corrected chi connectivity index (χ3v) is 3.79. The van der Waals surface area contributed by atoms with Crippen LogP contribution in [0.3, 0.4) is 0 Å². The molecule has 2 atom stereocenters. The lowest BCUT2D eigenvalue weighted by atomic mass is 10.0. The molecule has 2 rings (SSSR count). The van der Waals surface area contributed by atoms with Crippen LogP contribution in [-0.2, 0) is 4.79 Å². The van der Waals surface area contributed by atoms with Crippen LogP contribution in [0.25, 0.3) is 0 Å². The van der Waals surface area contributed by atoms with E-state index in [9.17, 15) is 4.79 Å². The lowest BCUT2D eigenvalue weighted by Gasteiger charge is -2.27. The number of hydrogen-bond donors (Lipinski definition) is 1. The minimum atomic E-state index is -0.105. The van der Waals surface area contributed by atoms with Crippen molar-refractivity contribution in [1.29, 1.82) is 0 Å². The Hall–Kier alpha value is -1.55. The number of benzene rings is 1. The topological polar surface area (TPSA) is 55.6 Å². The summed E-state index contributed by atoms with van der Waals surface area (Å²) in [6, 6.07) is 8.14. The second-order valence-electron chi connectivity index (χ2n) is 5.10. The zero-order chi connectivity index (χ0) is 13.8. The highest BCUT2D eigenvalue weighted by molar-refractivity contribution is 5.79. The predicted molar refractivity (Wildman–Crippen MR) is 74.9 cm³/mol. The van der Waals surface area contributed by atoms with E-state index < -0.39 is 0 Å². The first-order valence-electron chi connectivity index (χ1n) is 6.82. The van der Waals surface area contributed by atoms with Crippen molar-refractivity contribution in [2.24, 2.45) is 11.7 Å². The molecule has 0 aliphatic carbocycles. The van der Waals surface area contributed by atoms with Crippen LogP contribution in [0.5, 0.6) is 5.75 Å². The van der Waals surface area contributed by atoms with Crippen LogP contribution >= 0.6 is 0 Å². The summed E-state index contributed by atoms with van der Waals surface area (Å²) in [7, 11) is 1.66. The van der Waals surface area contributed by atoms with Crippen LogP contribution < -0.4 is 10.5 Å². The van der Waals surface area contributed by atoms with E-state index in [-0.39, 0.29) is 17.9 Å². The van der Waals surface area contributed by atoms with Gasteiger partial charge in [-0.1, -0.05) is 19.1 Å². The average Bonchev–Trinajstić information content (AvgIpc) is 2.95. The number of rotatable bonds is 4. The Morgan fingerprint density at radius 1 is 1.58 bits per heavy atom. The van der Waals surface area contributed by atoms with Crippen molar-refractivity contribution in [2.75, 3.05) is 20.2 Å². The monoisotopic (exact) mass is 262 g/mol. The molecule has 1 aliphatic rings. The van der Waals surface area contributed by atoms with E-state index in [1.54, 1.807) is 7.11 Å². The molecule has 2 unspecified atom stereocenters. The Labute approximate surface area is 114 Å². The summed E-state index contributed by atoms with van der Waals surface area (Å²) in [4.78, 5) is 14.3. The number of carbonyl (C=O) groups excluding carboxylic acids is 1. The molecule has 1 heterocycles. The molecular formula is C15H22N2O2. The van der Waals surface area contributed by atoms with Gasteiger partial charge in [0.05, 0.1) is 13.2 Å². The van der Waals surface area contributed by atoms with Gasteiger partial charge in [0.15, 0.2) is 0 Å². The Morgan fingerprint density at radius 2 is 2.37 bits per heavy atom. The van der Waals surface area contributed by atoms with E-state index in [2.05, 4.69) is 6.07 Å². The molecule has 1 saturated heterocycles. The van der Waals surface area contributed by atoms with Gasteiger partial charge in [0.1, 0.15) is 5.75 Å². The summed E-state index contributed by atoms with van der Waals surface area (Å²) in [6.07, 6.45) is 2.06. The van der Waals surface area contributed by atoms with Gasteiger partial charge in [0.2, 0.25) is 5.91 Å². The number of methoxy groups -OCH3 is 1. The molecule has 1 amide bonds. The summed E-state index contributed by atoms with van der Waals surface area (Å²) >= 11 is 0. The Kier molecular flexibility index (Phi) is 4.43. The third kappa shape index (κ3) is 2.89. The first-order chi connectivity index (χ1) is 9.17. The van der Waals surface area contributed by atoms with Gasteiger partial charge < -0.3 is 15.4 Å². The molecule has 0 saturated carbocycles. The fraction of sp³-hybridized carbons (Fsp3) is 0.533. The molecule has 0 aromatic heterocycles. The Bertz CT molecular complexity index is 448. The molecular weight excluding hydrogens is 240 g/mol. The highest BCUT2D eigenvalue weighted by atomic mass is 16.5. The summed E-state index contributed by atoms with van der Waals surface area (Å²) < 4.78 is 5.26. The van der Waals surface area contributed by atoms with Crippen molar-refractivity contribution in [3.05, 3.63) is 29.8 Å². The molecule has 104 valence electrons. The van der Waals surface area contributed by atoms with E-state index >= 15 is 0 Å². The van der Waals surface area contributed by atoms with Crippen molar-refractivity contribution in [1.82, 2.24) is 4.90 Å². The minimum absolute atomic E-state index is 0.105. The van der Waals surface area contributed by atoms with E-state index in [4.69, 9.17) is 10.5 Å². The molecule has 4 heteroatoms. The summed E-state index contributed by atoms with van der Waals surface area (Å²) in [5.41, 5.74) is 6.75. The van der Waals surface area contributed by atoms with E-state index in [0.29, 0.717) is 6.54 Å². The summed E-state index contributed by atoms with van der Waals surface area (Å²) in [6.45, 7) is 3.12. The quantitative estimate of drug-likeness (QED) is 0.902. The molecule has 4 nitrogen and oxygen atoms in total. The van der Waals surface area contributed by atoms with Gasteiger partial charge >= 0.3 is 0 Å². The zero-order valence-electron chi connectivity index (χ0n) is 11.6. The average molecular weight is 262 g/mol. The Morgan fingerprint density at radius 3 is 3.05 bits per heavy atom. The van der Waals surface area contributed by atoms with Crippen LogP contribution in [-0.4, -0.2) is 31.0 Å². The molecule has 1 aromatic carbocycles. The lowest BCUT2D eigenvalue weighted by molar-refractivity contribution is -0.135. The standard InChI is InChI=1S/C15H22N2O2/c1-11(10-16)15(18)17-8-4-7-14(17)12-5-3-6-13(9-12)19-2/h3,5-6,9,11,14H,4,7-8,10,16H2,1-2H3. The molecule has 2 N–H and O–H groups in total. The maximum absolute atomic E-state index is 12.3. The molecule has 1 fully saturated rings. The first-order valence-corrected chi connectivity index (χ1v) is 6.82. The number of hydrogen-bond acceptors (Lipinski definition) is 3. The van der Waals surface area contributed by atoms with E-state index in [1.807, 2.05) is 30.0 Å². The fourth-order valence-electron chi connectivity index (χ4n) is 2.61. The highest BCUT2D eigenvalue weighted by Crippen LogP contribution is 2.34. The van der Waals surface area contributed by atoms with Crippen molar-refractivity contribution in [3.8, 4) is 5.75 Å². The third-order valence-electron chi connectivity index (χ3n) is 3.79. The molecule has 1 aliphatic heterocycles. The second-order valence-corrected chi connectivity index (χ2v) is 5.10. The van der Waals surface area contributed by atoms with Crippen LogP contribution in [0, 0.1) is 5.92 Å². The van der Waals surface area contributed by atoms with Gasteiger partial charge in [-0.15, -0.1) is 0 Å². The number of likely N-dealkylation sites (tertiary alicyclic amines) is 1. The smallest absolute Gasteiger partial charge is 0.227 e. The van der Waals surface area contributed by atoms with Gasteiger partial charge in [-0.25, -0.2) is 0 Å². The molecule has 0 radical (unpaired) electrons. The van der Waals surface area contributed by atoms with Gasteiger partial charge in [0, 0.05) is 19.0 Å². The fourth-order valence-corrected chi connectivity index (χ4v) is 2.61. The van der Waals surface area contributed by atoms with Gasteiger partial charge in [0.25, 0.3) is 0 Å². The largest absolute Gasteiger partial charge is 0.497 e. The maximum Gasteiger partial charge on any atom is 0.227 e. The van der Waals surface area contributed by atoms with E-state index in [0.717, 1.165) is 30.7 Å². The van der Waals surface area contributed by atoms with Crippen LogP contribution in [0.4, 0.5) is 0 Å². The number of amides is 1. The Balaban J connectivity index is 2.20. The molecule has 0 bridgehead atoms. The van der Waals surface area contributed by atoms with Gasteiger partial charge in [-0.2, -0.15) is 0 Å². The molecule has 1 aromatic rings. The van der Waals surface area contributed by atoms with Crippen molar-refractivity contribution < 1.29 is 9.53 Å². The van der Waals surface area contributed by atoms with E-state index in [1.165, 1.54) is 0 Å². The molecule has 19 heavy (non-hydrogen) atoms. The van der Waals surface area contributed by atoms with Crippen molar-refractivity contribution in [3.63, 3.8) is 0 Å². The highest BCUT2D eigenvalue weighted by Gasteiger charge is 2.31. The second kappa shape index (κ2) is 6.06. The number of nitrogens with two attached hydrogens (primary N) is 1. The first kappa shape index (κ1) is 13.9. The van der Waals surface area contributed by atoms with Crippen LogP contribution in [0.15, 0.2) is 24.3 Å². The van der Waals surface area contributed by atoms with Crippen molar-refractivity contribution >= 4 is 5.91 Å².